The highest BCUT2D eigenvalue weighted by molar-refractivity contribution is 5.21. The van der Waals surface area contributed by atoms with Crippen molar-refractivity contribution in [1.82, 2.24) is 5.32 Å². The van der Waals surface area contributed by atoms with Crippen LogP contribution in [0.15, 0.2) is 18.2 Å². The third kappa shape index (κ3) is 4.71. The number of ether oxygens (including phenoxy) is 1. The van der Waals surface area contributed by atoms with Crippen LogP contribution in [-0.2, 0) is 4.74 Å². The lowest BCUT2D eigenvalue weighted by atomic mass is 9.88. The van der Waals surface area contributed by atoms with Crippen LogP contribution >= 0.6 is 0 Å². The smallest absolute Gasteiger partial charge is 0.130 e. The summed E-state index contributed by atoms with van der Waals surface area (Å²) in [6.45, 7) is 2.95. The lowest BCUT2D eigenvalue weighted by molar-refractivity contribution is -0.0862. The molecule has 1 aromatic carbocycles. The van der Waals surface area contributed by atoms with Crippen molar-refractivity contribution < 1.29 is 23.7 Å². The summed E-state index contributed by atoms with van der Waals surface area (Å²) in [5, 5.41) is 23.4. The molecule has 1 aliphatic rings. The van der Waals surface area contributed by atoms with Crippen molar-refractivity contribution in [1.29, 1.82) is 0 Å². The minimum absolute atomic E-state index is 0.223. The number of hydrogen-bond acceptors (Lipinski definition) is 4. The predicted octanol–water partition coefficient (Wildman–Crippen LogP) is 1.91. The molecular formula is C16H23F2NO3. The number of halogens is 2. The lowest BCUT2D eigenvalue weighted by Crippen LogP contribution is -2.42. The quantitative estimate of drug-likeness (QED) is 0.750. The van der Waals surface area contributed by atoms with E-state index in [4.69, 9.17) is 4.74 Å². The Morgan fingerprint density at radius 3 is 2.64 bits per heavy atom. The third-order valence-electron chi connectivity index (χ3n) is 4.13. The molecule has 1 unspecified atom stereocenters. The van der Waals surface area contributed by atoms with Crippen LogP contribution in [0, 0.1) is 11.6 Å². The predicted molar refractivity (Wildman–Crippen MR) is 78.4 cm³/mol. The van der Waals surface area contributed by atoms with Gasteiger partial charge < -0.3 is 20.3 Å². The number of aliphatic hydroxyl groups excluding tert-OH is 1. The second-order valence-corrected chi connectivity index (χ2v) is 5.99. The Labute approximate surface area is 129 Å². The highest BCUT2D eigenvalue weighted by atomic mass is 19.1. The molecule has 3 N–H and O–H groups in total. The first-order valence-electron chi connectivity index (χ1n) is 7.56. The lowest BCUT2D eigenvalue weighted by Gasteiger charge is -2.34. The second kappa shape index (κ2) is 7.46. The van der Waals surface area contributed by atoms with Crippen LogP contribution in [0.5, 0.6) is 0 Å². The van der Waals surface area contributed by atoms with Crippen LogP contribution in [0.2, 0.25) is 0 Å². The van der Waals surface area contributed by atoms with Crippen molar-refractivity contribution in [2.75, 3.05) is 19.8 Å². The number of hydrogen-bond donors (Lipinski definition) is 3. The van der Waals surface area contributed by atoms with E-state index in [0.717, 1.165) is 6.07 Å². The van der Waals surface area contributed by atoms with E-state index >= 15 is 0 Å². The molecule has 6 heteroatoms. The van der Waals surface area contributed by atoms with E-state index in [1.165, 1.54) is 12.1 Å². The van der Waals surface area contributed by atoms with Gasteiger partial charge in [-0.1, -0.05) is 6.07 Å². The molecule has 0 aliphatic carbocycles. The summed E-state index contributed by atoms with van der Waals surface area (Å²) in [6, 6.07) is 3.08. The van der Waals surface area contributed by atoms with Gasteiger partial charge in [0.1, 0.15) is 11.6 Å². The van der Waals surface area contributed by atoms with Crippen LogP contribution in [-0.4, -0.2) is 41.7 Å². The van der Waals surface area contributed by atoms with Crippen LogP contribution in [0.3, 0.4) is 0 Å². The summed E-state index contributed by atoms with van der Waals surface area (Å²) in [7, 11) is 0. The molecule has 0 saturated carbocycles. The van der Waals surface area contributed by atoms with Crippen molar-refractivity contribution in [2.45, 2.75) is 43.9 Å². The molecule has 1 aliphatic heterocycles. The zero-order valence-electron chi connectivity index (χ0n) is 12.7. The van der Waals surface area contributed by atoms with Crippen molar-refractivity contribution >= 4 is 0 Å². The third-order valence-corrected chi connectivity index (χ3v) is 4.13. The Morgan fingerprint density at radius 2 is 2.00 bits per heavy atom. The Balaban J connectivity index is 1.83. The molecule has 0 aromatic heterocycles. The van der Waals surface area contributed by atoms with Gasteiger partial charge in [-0.25, -0.2) is 8.78 Å². The van der Waals surface area contributed by atoms with Crippen molar-refractivity contribution in [2.24, 2.45) is 0 Å². The van der Waals surface area contributed by atoms with Gasteiger partial charge in [-0.15, -0.1) is 0 Å². The molecule has 0 spiro atoms. The average molecular weight is 315 g/mol. The van der Waals surface area contributed by atoms with Crippen molar-refractivity contribution in [3.05, 3.63) is 35.4 Å². The largest absolute Gasteiger partial charge is 0.392 e. The van der Waals surface area contributed by atoms with Gasteiger partial charge in [-0.2, -0.15) is 0 Å². The Hall–Kier alpha value is -1.08. The first kappa shape index (κ1) is 17.3. The summed E-state index contributed by atoms with van der Waals surface area (Å²) in [5.74, 6) is -1.23. The van der Waals surface area contributed by atoms with Gasteiger partial charge in [0.25, 0.3) is 0 Å². The molecule has 0 bridgehead atoms. The molecule has 124 valence electrons. The monoisotopic (exact) mass is 315 g/mol. The number of aliphatic hydroxyl groups is 2. The normalized spacial score (nSPS) is 20.6. The molecule has 2 rings (SSSR count). The molecule has 0 amide bonds. The van der Waals surface area contributed by atoms with Gasteiger partial charge in [0.2, 0.25) is 0 Å². The first-order chi connectivity index (χ1) is 10.4. The van der Waals surface area contributed by atoms with Crippen LogP contribution in [0.1, 0.15) is 37.8 Å². The van der Waals surface area contributed by atoms with E-state index in [-0.39, 0.29) is 19.0 Å². The summed E-state index contributed by atoms with van der Waals surface area (Å²) >= 11 is 0. The van der Waals surface area contributed by atoms with Crippen LogP contribution < -0.4 is 5.32 Å². The fourth-order valence-corrected chi connectivity index (χ4v) is 2.74. The van der Waals surface area contributed by atoms with Gasteiger partial charge in [-0.3, -0.25) is 0 Å². The zero-order valence-corrected chi connectivity index (χ0v) is 12.7. The Kier molecular flexibility index (Phi) is 5.86. The molecule has 1 heterocycles. The van der Waals surface area contributed by atoms with Crippen molar-refractivity contribution in [3.63, 3.8) is 0 Å². The molecule has 1 aromatic rings. The fraction of sp³-hybridized carbons (Fsp3) is 0.625. The topological polar surface area (TPSA) is 61.7 Å². The van der Waals surface area contributed by atoms with E-state index in [1.54, 1.807) is 6.92 Å². The number of benzene rings is 1. The summed E-state index contributed by atoms with van der Waals surface area (Å²) in [4.78, 5) is 0. The van der Waals surface area contributed by atoms with E-state index in [1.807, 2.05) is 0 Å². The fourth-order valence-electron chi connectivity index (χ4n) is 2.74. The van der Waals surface area contributed by atoms with Crippen molar-refractivity contribution in [3.8, 4) is 0 Å². The minimum atomic E-state index is -0.899. The molecule has 2 atom stereocenters. The van der Waals surface area contributed by atoms with E-state index in [2.05, 4.69) is 5.32 Å². The minimum Gasteiger partial charge on any atom is -0.392 e. The standard InChI is InChI=1S/C16H23F2NO3/c1-11(14-3-2-12(17)8-15(14)18)19-10-13(20)9-16(21)4-6-22-7-5-16/h2-3,8,11,13,19-21H,4-7,9-10H2,1H3/t11-,13?/m1/s1. The maximum absolute atomic E-state index is 13.7. The van der Waals surface area contributed by atoms with Crippen LogP contribution in [0.25, 0.3) is 0 Å². The maximum atomic E-state index is 13.7. The molecule has 22 heavy (non-hydrogen) atoms. The number of rotatable bonds is 6. The SMILES string of the molecule is C[C@@H](NCC(O)CC1(O)CCOCC1)c1ccc(F)cc1F. The summed E-state index contributed by atoms with van der Waals surface area (Å²) < 4.78 is 31.7. The highest BCUT2D eigenvalue weighted by Gasteiger charge is 2.32. The van der Waals surface area contributed by atoms with E-state index in [0.29, 0.717) is 31.6 Å². The molecule has 1 fully saturated rings. The highest BCUT2D eigenvalue weighted by Crippen LogP contribution is 2.26. The number of nitrogens with one attached hydrogen (secondary N) is 1. The van der Waals surface area contributed by atoms with Gasteiger partial charge in [0.15, 0.2) is 0 Å². The van der Waals surface area contributed by atoms with Crippen LogP contribution in [0.4, 0.5) is 8.78 Å². The van der Waals surface area contributed by atoms with E-state index < -0.39 is 23.3 Å². The molecule has 1 saturated heterocycles. The van der Waals surface area contributed by atoms with E-state index in [9.17, 15) is 19.0 Å². The van der Waals surface area contributed by atoms with Gasteiger partial charge in [-0.05, 0) is 25.8 Å². The molecule has 0 radical (unpaired) electrons. The summed E-state index contributed by atoms with van der Waals surface area (Å²) in [5.41, 5.74) is -0.553. The Bertz CT molecular complexity index is 492. The first-order valence-corrected chi connectivity index (χ1v) is 7.56. The second-order valence-electron chi connectivity index (χ2n) is 5.99. The van der Waals surface area contributed by atoms with Gasteiger partial charge >= 0.3 is 0 Å². The van der Waals surface area contributed by atoms with Gasteiger partial charge in [0.05, 0.1) is 11.7 Å². The maximum Gasteiger partial charge on any atom is 0.130 e. The average Bonchev–Trinajstić information content (AvgIpc) is 2.45. The molecule has 4 nitrogen and oxygen atoms in total. The molecular weight excluding hydrogens is 292 g/mol. The zero-order chi connectivity index (χ0) is 16.2. The Morgan fingerprint density at radius 1 is 1.32 bits per heavy atom. The summed E-state index contributed by atoms with van der Waals surface area (Å²) in [6.07, 6.45) is 0.523. The van der Waals surface area contributed by atoms with Gasteiger partial charge in [0, 0.05) is 43.9 Å².